The van der Waals surface area contributed by atoms with Crippen molar-refractivity contribution in [3.63, 3.8) is 0 Å². The lowest BCUT2D eigenvalue weighted by Crippen LogP contribution is -2.13. The van der Waals surface area contributed by atoms with Crippen molar-refractivity contribution in [2.45, 2.75) is 13.1 Å². The van der Waals surface area contributed by atoms with Crippen molar-refractivity contribution in [1.82, 2.24) is 0 Å². The predicted octanol–water partition coefficient (Wildman–Crippen LogP) is 4.92. The molecule has 0 saturated heterocycles. The molecule has 2 aromatic rings. The second-order valence-electron chi connectivity index (χ2n) is 5.02. The first-order valence-corrected chi connectivity index (χ1v) is 7.60. The predicted molar refractivity (Wildman–Crippen MR) is 88.7 cm³/mol. The first kappa shape index (κ1) is 19.5. The van der Waals surface area contributed by atoms with Crippen LogP contribution >= 0.6 is 11.6 Å². The fourth-order valence-corrected chi connectivity index (χ4v) is 2.29. The van der Waals surface area contributed by atoms with E-state index in [1.807, 2.05) is 0 Å². The Labute approximate surface area is 150 Å². The molecule has 6 nitrogen and oxygen atoms in total. The smallest absolute Gasteiger partial charge is 0.416 e. The number of halogens is 4. The maximum Gasteiger partial charge on any atom is 0.416 e. The second kappa shape index (κ2) is 7.61. The molecule has 0 bridgehead atoms. The summed E-state index contributed by atoms with van der Waals surface area (Å²) in [4.78, 5) is 22.6. The first-order valence-electron chi connectivity index (χ1n) is 7.22. The van der Waals surface area contributed by atoms with Crippen LogP contribution in [0.1, 0.15) is 22.8 Å². The number of rotatable bonds is 5. The highest BCUT2D eigenvalue weighted by molar-refractivity contribution is 6.34. The van der Waals surface area contributed by atoms with E-state index in [1.54, 1.807) is 6.92 Å². The Morgan fingerprint density at radius 2 is 1.96 bits per heavy atom. The van der Waals surface area contributed by atoms with Gasteiger partial charge in [-0.15, -0.1) is 0 Å². The molecule has 0 aliphatic carbocycles. The van der Waals surface area contributed by atoms with E-state index < -0.39 is 28.3 Å². The Morgan fingerprint density at radius 1 is 1.27 bits per heavy atom. The van der Waals surface area contributed by atoms with Crippen molar-refractivity contribution in [2.24, 2.45) is 0 Å². The van der Waals surface area contributed by atoms with Gasteiger partial charge in [-0.2, -0.15) is 13.2 Å². The molecule has 0 aliphatic heterocycles. The lowest BCUT2D eigenvalue weighted by molar-refractivity contribution is -0.385. The number of nitro benzene ring substituents is 1. The molecule has 0 atom stereocenters. The number of nitrogens with one attached hydrogen (secondary N) is 1. The molecule has 26 heavy (non-hydrogen) atoms. The molecule has 0 aromatic heterocycles. The molecule has 0 unspecified atom stereocenters. The van der Waals surface area contributed by atoms with Crippen LogP contribution in [-0.4, -0.2) is 17.4 Å². The molecular formula is C16H12ClF3N2O4. The van der Waals surface area contributed by atoms with E-state index >= 15 is 0 Å². The monoisotopic (exact) mass is 388 g/mol. The Hall–Kier alpha value is -2.81. The molecule has 0 saturated carbocycles. The SMILES string of the molecule is CCOc1ccc(C(=O)Nc2ccc(C(F)(F)F)cc2Cl)cc1[N+](=O)[O-]. The van der Waals surface area contributed by atoms with E-state index in [-0.39, 0.29) is 28.6 Å². The average Bonchev–Trinajstić information content (AvgIpc) is 2.56. The molecular weight excluding hydrogens is 377 g/mol. The summed E-state index contributed by atoms with van der Waals surface area (Å²) in [6, 6.07) is 6.03. The fourth-order valence-electron chi connectivity index (χ4n) is 2.07. The van der Waals surface area contributed by atoms with Gasteiger partial charge < -0.3 is 10.1 Å². The van der Waals surface area contributed by atoms with E-state index in [2.05, 4.69) is 5.32 Å². The van der Waals surface area contributed by atoms with E-state index in [0.717, 1.165) is 18.2 Å². The highest BCUT2D eigenvalue weighted by Crippen LogP contribution is 2.34. The van der Waals surface area contributed by atoms with Crippen molar-refractivity contribution in [3.8, 4) is 5.75 Å². The van der Waals surface area contributed by atoms with Crippen LogP contribution in [0.3, 0.4) is 0 Å². The molecule has 0 aliphatic rings. The van der Waals surface area contributed by atoms with E-state index in [1.165, 1.54) is 12.1 Å². The molecule has 0 heterocycles. The Morgan fingerprint density at radius 3 is 2.50 bits per heavy atom. The van der Waals surface area contributed by atoms with Gasteiger partial charge in [0.05, 0.1) is 27.8 Å². The molecule has 0 spiro atoms. The summed E-state index contributed by atoms with van der Waals surface area (Å²) in [5.41, 5.74) is -1.49. The van der Waals surface area contributed by atoms with Crippen molar-refractivity contribution in [1.29, 1.82) is 0 Å². The van der Waals surface area contributed by atoms with Crippen LogP contribution < -0.4 is 10.1 Å². The zero-order chi connectivity index (χ0) is 19.5. The number of nitrogens with zero attached hydrogens (tertiary/aromatic N) is 1. The Kier molecular flexibility index (Phi) is 5.71. The third kappa shape index (κ3) is 4.42. The van der Waals surface area contributed by atoms with Crippen molar-refractivity contribution < 1.29 is 27.6 Å². The molecule has 2 rings (SSSR count). The normalized spacial score (nSPS) is 11.1. The number of amides is 1. The minimum atomic E-state index is -4.57. The number of ether oxygens (including phenoxy) is 1. The summed E-state index contributed by atoms with van der Waals surface area (Å²) < 4.78 is 43.0. The Bertz CT molecular complexity index is 856. The number of hydrogen-bond acceptors (Lipinski definition) is 4. The van der Waals surface area contributed by atoms with Crippen molar-refractivity contribution in [3.05, 3.63) is 62.7 Å². The molecule has 2 aromatic carbocycles. The van der Waals surface area contributed by atoms with Gasteiger partial charge in [-0.25, -0.2) is 0 Å². The molecule has 0 fully saturated rings. The van der Waals surface area contributed by atoms with Crippen LogP contribution in [0, 0.1) is 10.1 Å². The largest absolute Gasteiger partial charge is 0.487 e. The molecule has 0 radical (unpaired) electrons. The lowest BCUT2D eigenvalue weighted by Gasteiger charge is -2.11. The van der Waals surface area contributed by atoms with Crippen molar-refractivity contribution in [2.75, 3.05) is 11.9 Å². The number of carbonyl (C=O) groups excluding carboxylic acids is 1. The zero-order valence-electron chi connectivity index (χ0n) is 13.3. The minimum absolute atomic E-state index is 0.00149. The van der Waals surface area contributed by atoms with Crippen LogP contribution in [0.4, 0.5) is 24.5 Å². The summed E-state index contributed by atoms with van der Waals surface area (Å²) in [6.45, 7) is 1.85. The van der Waals surface area contributed by atoms with Crippen LogP contribution in [0.2, 0.25) is 5.02 Å². The summed E-state index contributed by atoms with van der Waals surface area (Å²) in [5, 5.41) is 13.1. The van der Waals surface area contributed by atoms with E-state index in [9.17, 15) is 28.1 Å². The number of nitro groups is 1. The maximum absolute atomic E-state index is 12.6. The van der Waals surface area contributed by atoms with Crippen LogP contribution in [0.25, 0.3) is 0 Å². The molecule has 10 heteroatoms. The number of hydrogen-bond donors (Lipinski definition) is 1. The van der Waals surface area contributed by atoms with Gasteiger partial charge in [0.15, 0.2) is 5.75 Å². The minimum Gasteiger partial charge on any atom is -0.487 e. The van der Waals surface area contributed by atoms with Gasteiger partial charge in [0.25, 0.3) is 5.91 Å². The summed E-state index contributed by atoms with van der Waals surface area (Å²) in [7, 11) is 0. The zero-order valence-corrected chi connectivity index (χ0v) is 14.0. The summed E-state index contributed by atoms with van der Waals surface area (Å²) in [6.07, 6.45) is -4.57. The van der Waals surface area contributed by atoms with E-state index in [4.69, 9.17) is 16.3 Å². The third-order valence-electron chi connectivity index (χ3n) is 3.26. The van der Waals surface area contributed by atoms with Gasteiger partial charge in [0.2, 0.25) is 0 Å². The molecule has 138 valence electrons. The van der Waals surface area contributed by atoms with Gasteiger partial charge in [0, 0.05) is 11.6 Å². The van der Waals surface area contributed by atoms with Gasteiger partial charge >= 0.3 is 11.9 Å². The van der Waals surface area contributed by atoms with Crippen LogP contribution in [0.5, 0.6) is 5.75 Å². The topological polar surface area (TPSA) is 81.5 Å². The highest BCUT2D eigenvalue weighted by atomic mass is 35.5. The third-order valence-corrected chi connectivity index (χ3v) is 3.57. The van der Waals surface area contributed by atoms with Crippen molar-refractivity contribution >= 4 is 28.9 Å². The quantitative estimate of drug-likeness (QED) is 0.582. The number of carbonyl (C=O) groups is 1. The van der Waals surface area contributed by atoms with Crippen LogP contribution in [0.15, 0.2) is 36.4 Å². The first-order chi connectivity index (χ1) is 12.1. The lowest BCUT2D eigenvalue weighted by atomic mass is 10.1. The fraction of sp³-hybridized carbons (Fsp3) is 0.188. The second-order valence-corrected chi connectivity index (χ2v) is 5.43. The van der Waals surface area contributed by atoms with E-state index in [0.29, 0.717) is 6.07 Å². The standard InChI is InChI=1S/C16H12ClF3N2O4/c1-2-26-14-6-3-9(7-13(14)22(24)25)15(23)21-12-5-4-10(8-11(12)17)16(18,19)20/h3-8H,2H2,1H3,(H,21,23). The molecule has 1 N–H and O–H groups in total. The highest BCUT2D eigenvalue weighted by Gasteiger charge is 2.31. The maximum atomic E-state index is 12.6. The van der Waals surface area contributed by atoms with Gasteiger partial charge in [0.1, 0.15) is 0 Å². The average molecular weight is 389 g/mol. The Balaban J connectivity index is 2.28. The van der Waals surface area contributed by atoms with Gasteiger partial charge in [-0.05, 0) is 37.3 Å². The van der Waals surface area contributed by atoms with Gasteiger partial charge in [-0.1, -0.05) is 11.6 Å². The molecule has 1 amide bonds. The van der Waals surface area contributed by atoms with Crippen LogP contribution in [-0.2, 0) is 6.18 Å². The summed E-state index contributed by atoms with van der Waals surface area (Å²) in [5.74, 6) is -0.764. The van der Waals surface area contributed by atoms with Gasteiger partial charge in [-0.3, -0.25) is 14.9 Å². The number of benzene rings is 2. The number of anilines is 1. The summed E-state index contributed by atoms with van der Waals surface area (Å²) >= 11 is 5.77. The number of alkyl halides is 3.